The SMILES string of the molecule is [B]C(=O)NC(Cc1cncn1C)C(=O)NC(CC(=O)NC(C)(C)C)C(=O)NC(Cc1cn(CC)cn1)C(=O)NC(CC(=O)NC(C)C(C)=O)C(=O)OC. The van der Waals surface area contributed by atoms with Gasteiger partial charge in [0.25, 0.3) is 0 Å². The number of nitrogens with one attached hydrogen (secondary N) is 6. The molecule has 0 spiro atoms. The van der Waals surface area contributed by atoms with Gasteiger partial charge in [-0.15, -0.1) is 0 Å². The van der Waals surface area contributed by atoms with Crippen molar-refractivity contribution >= 4 is 54.9 Å². The number of esters is 1. The highest BCUT2D eigenvalue weighted by atomic mass is 16.5. The van der Waals surface area contributed by atoms with E-state index in [4.69, 9.17) is 12.6 Å². The molecule has 0 fully saturated rings. The number of methoxy groups -OCH3 is 1. The molecule has 0 aromatic carbocycles. The van der Waals surface area contributed by atoms with E-state index in [2.05, 4.69) is 41.9 Å². The lowest BCUT2D eigenvalue weighted by molar-refractivity contribution is -0.147. The molecular formula is C33H49BN10O9. The molecule has 2 aromatic heterocycles. The third-order valence-electron chi connectivity index (χ3n) is 7.78. The number of Topliss-reactive ketones (excluding diaryl/α,β-unsaturated/α-hetero) is 1. The number of ketones is 1. The fourth-order valence-electron chi connectivity index (χ4n) is 4.88. The number of hydrogen-bond acceptors (Lipinski definition) is 11. The number of rotatable bonds is 19. The van der Waals surface area contributed by atoms with Gasteiger partial charge in [-0.05, 0) is 41.5 Å². The van der Waals surface area contributed by atoms with Crippen LogP contribution in [0.5, 0.6) is 0 Å². The number of ether oxygens (including phenoxy) is 1. The summed E-state index contributed by atoms with van der Waals surface area (Å²) in [6, 6.07) is -6.74. The monoisotopic (exact) mass is 740 g/mol. The minimum atomic E-state index is -1.59. The molecule has 19 nitrogen and oxygen atoms in total. The zero-order valence-electron chi connectivity index (χ0n) is 31.3. The second-order valence-electron chi connectivity index (χ2n) is 13.5. The van der Waals surface area contributed by atoms with Gasteiger partial charge in [0.15, 0.2) is 11.6 Å². The van der Waals surface area contributed by atoms with Crippen LogP contribution in [-0.2, 0) is 64.7 Å². The zero-order chi connectivity index (χ0) is 40.0. The normalized spacial score (nSPS) is 14.0. The number of aromatic nitrogens is 4. The summed E-state index contributed by atoms with van der Waals surface area (Å²) in [5, 5.41) is 14.9. The highest BCUT2D eigenvalue weighted by Crippen LogP contribution is 2.09. The molecule has 6 N–H and O–H groups in total. The summed E-state index contributed by atoms with van der Waals surface area (Å²) in [5.41, 5.74) is 0.191. The van der Waals surface area contributed by atoms with Crippen molar-refractivity contribution in [2.45, 2.75) is 110 Å². The first-order chi connectivity index (χ1) is 24.7. The Kier molecular flexibility index (Phi) is 16.4. The van der Waals surface area contributed by atoms with Crippen molar-refractivity contribution in [2.24, 2.45) is 7.05 Å². The molecule has 0 aliphatic heterocycles. The Balaban J connectivity index is 2.45. The molecule has 2 heterocycles. The lowest BCUT2D eigenvalue weighted by Crippen LogP contribution is -2.59. The predicted octanol–water partition coefficient (Wildman–Crippen LogP) is -1.92. The Morgan fingerprint density at radius 1 is 0.830 bits per heavy atom. The van der Waals surface area contributed by atoms with Crippen LogP contribution in [0.4, 0.5) is 4.79 Å². The average molecular weight is 741 g/mol. The first-order valence-corrected chi connectivity index (χ1v) is 16.8. The third-order valence-corrected chi connectivity index (χ3v) is 7.78. The maximum atomic E-state index is 14.0. The van der Waals surface area contributed by atoms with E-state index in [-0.39, 0.29) is 18.6 Å². The van der Waals surface area contributed by atoms with Gasteiger partial charge in [0, 0.05) is 50.1 Å². The number of hydrogen-bond donors (Lipinski definition) is 6. The van der Waals surface area contributed by atoms with Crippen LogP contribution < -0.4 is 31.9 Å². The molecule has 2 aromatic rings. The molecule has 0 saturated heterocycles. The summed E-state index contributed by atoms with van der Waals surface area (Å²) in [7, 11) is 8.07. The largest absolute Gasteiger partial charge is 0.467 e. The van der Waals surface area contributed by atoms with Gasteiger partial charge in [0.1, 0.15) is 24.2 Å². The number of amides is 6. The molecule has 20 heteroatoms. The van der Waals surface area contributed by atoms with E-state index in [1.165, 1.54) is 32.7 Å². The molecule has 0 saturated carbocycles. The van der Waals surface area contributed by atoms with Crippen LogP contribution >= 0.6 is 0 Å². The second-order valence-corrected chi connectivity index (χ2v) is 13.5. The van der Waals surface area contributed by atoms with E-state index >= 15 is 0 Å². The van der Waals surface area contributed by atoms with Crippen molar-refractivity contribution in [1.82, 2.24) is 51.0 Å². The quantitative estimate of drug-likeness (QED) is 0.0684. The summed E-state index contributed by atoms with van der Waals surface area (Å²) in [6.45, 7) is 10.3. The molecule has 0 bridgehead atoms. The summed E-state index contributed by atoms with van der Waals surface area (Å²) in [5.74, 6) is -6.46. The maximum Gasteiger partial charge on any atom is 0.328 e. The maximum absolute atomic E-state index is 14.0. The molecule has 2 rings (SSSR count). The highest BCUT2D eigenvalue weighted by molar-refractivity contribution is 6.57. The van der Waals surface area contributed by atoms with Gasteiger partial charge in [0.2, 0.25) is 37.4 Å². The fourth-order valence-corrected chi connectivity index (χ4v) is 4.88. The smallest absolute Gasteiger partial charge is 0.328 e. The van der Waals surface area contributed by atoms with Gasteiger partial charge in [-0.25, -0.2) is 14.8 Å². The zero-order valence-corrected chi connectivity index (χ0v) is 31.3. The topological polar surface area (TPSA) is 254 Å². The Labute approximate surface area is 308 Å². The lowest BCUT2D eigenvalue weighted by Gasteiger charge is -2.27. The number of nitrogens with zero attached hydrogens (tertiary/aromatic N) is 4. The van der Waals surface area contributed by atoms with Gasteiger partial charge < -0.3 is 45.8 Å². The number of imidazole rings is 2. The Bertz CT molecular complexity index is 1650. The van der Waals surface area contributed by atoms with Crippen molar-refractivity contribution in [3.05, 3.63) is 36.4 Å². The molecule has 5 unspecified atom stereocenters. The number of carbonyl (C=O) groups excluding carboxylic acids is 8. The summed E-state index contributed by atoms with van der Waals surface area (Å²) < 4.78 is 8.12. The molecule has 5 atom stereocenters. The minimum absolute atomic E-state index is 0.0768. The number of carbonyl (C=O) groups is 8. The highest BCUT2D eigenvalue weighted by Gasteiger charge is 2.34. The summed E-state index contributed by atoms with van der Waals surface area (Å²) >= 11 is 0. The van der Waals surface area contributed by atoms with Gasteiger partial charge >= 0.3 is 5.97 Å². The third kappa shape index (κ3) is 14.9. The van der Waals surface area contributed by atoms with Crippen LogP contribution in [-0.4, -0.2) is 117 Å². The molecule has 0 aliphatic rings. The van der Waals surface area contributed by atoms with Gasteiger partial charge in [-0.1, -0.05) is 0 Å². The predicted molar refractivity (Wildman–Crippen MR) is 190 cm³/mol. The van der Waals surface area contributed by atoms with Crippen LogP contribution in [0, 0.1) is 0 Å². The molecule has 288 valence electrons. The van der Waals surface area contributed by atoms with E-state index in [9.17, 15) is 38.4 Å². The standard InChI is InChI=1S/C33H49BN10O9/c1-9-44-15-20(36-17-44)10-22(28(48)40-25(31(51)53-8)13-26(46)37-18(2)19(3)45)38-30(50)24(12-27(47)42-33(4,5)6)39-29(49)23(41-32(34)52)11-21-14-35-16-43(21)7/h14-18,22-25H,9-13H2,1-8H3,(H,37,46)(H,38,50)(H,39,49)(H,40,48)(H,41,52)(H,42,47). The molecular weight excluding hydrogens is 691 g/mol. The molecule has 2 radical (unpaired) electrons. The van der Waals surface area contributed by atoms with Crippen molar-refractivity contribution < 1.29 is 43.1 Å². The number of aryl methyl sites for hydroxylation is 2. The Morgan fingerprint density at radius 3 is 1.91 bits per heavy atom. The first-order valence-electron chi connectivity index (χ1n) is 16.8. The van der Waals surface area contributed by atoms with Gasteiger partial charge in [0.05, 0.1) is 44.3 Å². The average Bonchev–Trinajstić information content (AvgIpc) is 3.69. The summed E-state index contributed by atoms with van der Waals surface area (Å²) in [4.78, 5) is 112. The van der Waals surface area contributed by atoms with Crippen LogP contribution in [0.25, 0.3) is 0 Å². The fraction of sp³-hybridized carbons (Fsp3) is 0.576. The van der Waals surface area contributed by atoms with Gasteiger partial charge in [-0.2, -0.15) is 0 Å². The van der Waals surface area contributed by atoms with E-state index in [1.54, 1.807) is 43.1 Å². The van der Waals surface area contributed by atoms with E-state index in [0.717, 1.165) is 7.11 Å². The van der Waals surface area contributed by atoms with Crippen LogP contribution in [0.1, 0.15) is 65.8 Å². The van der Waals surface area contributed by atoms with Gasteiger partial charge in [-0.3, -0.25) is 33.6 Å². The van der Waals surface area contributed by atoms with Crippen LogP contribution in [0.3, 0.4) is 0 Å². The molecule has 6 amide bonds. The lowest BCUT2D eigenvalue weighted by atomic mass is 10.0. The molecule has 0 aliphatic carbocycles. The van der Waals surface area contributed by atoms with Crippen LogP contribution in [0.2, 0.25) is 0 Å². The van der Waals surface area contributed by atoms with E-state index in [0.29, 0.717) is 17.9 Å². The minimum Gasteiger partial charge on any atom is -0.467 e. The van der Waals surface area contributed by atoms with E-state index in [1.807, 2.05) is 6.92 Å². The molecule has 53 heavy (non-hydrogen) atoms. The van der Waals surface area contributed by atoms with Crippen molar-refractivity contribution in [2.75, 3.05) is 7.11 Å². The first kappa shape index (κ1) is 43.6. The second kappa shape index (κ2) is 19.9. The Morgan fingerprint density at radius 2 is 1.40 bits per heavy atom. The van der Waals surface area contributed by atoms with Crippen molar-refractivity contribution in [1.29, 1.82) is 0 Å². The van der Waals surface area contributed by atoms with Crippen molar-refractivity contribution in [3.8, 4) is 0 Å². The Hall–Kier alpha value is -5.56. The van der Waals surface area contributed by atoms with Crippen LogP contribution in [0.15, 0.2) is 25.0 Å². The van der Waals surface area contributed by atoms with Crippen molar-refractivity contribution in [3.63, 3.8) is 0 Å². The summed E-state index contributed by atoms with van der Waals surface area (Å²) in [6.07, 6.45) is 4.63. The van der Waals surface area contributed by atoms with E-state index < -0.39 is 89.9 Å².